The van der Waals surface area contributed by atoms with Gasteiger partial charge in [0, 0.05) is 19.1 Å². The van der Waals surface area contributed by atoms with Crippen molar-refractivity contribution in [3.05, 3.63) is 34.9 Å². The standard InChI is InChI=1S/C18H20F6N2O2/c1-2-3-4-14-10-25-15(27)16(28)26(14)6-5-11-7-12(17(19,20)21)9-13(8-11)18(22,23)24/h7-9,14H,2-6,10H2,1H3,(H,25,27)/t14-/m1/s1. The van der Waals surface area contributed by atoms with Gasteiger partial charge in [-0.15, -0.1) is 0 Å². The summed E-state index contributed by atoms with van der Waals surface area (Å²) < 4.78 is 77.8. The van der Waals surface area contributed by atoms with Crippen LogP contribution in [0.4, 0.5) is 26.3 Å². The van der Waals surface area contributed by atoms with Crippen molar-refractivity contribution >= 4 is 11.8 Å². The summed E-state index contributed by atoms with van der Waals surface area (Å²) in [6, 6.07) is 1.01. The van der Waals surface area contributed by atoms with Crippen LogP contribution >= 0.6 is 0 Å². The lowest BCUT2D eigenvalue weighted by Crippen LogP contribution is -2.58. The molecule has 1 fully saturated rings. The van der Waals surface area contributed by atoms with E-state index >= 15 is 0 Å². The highest BCUT2D eigenvalue weighted by Gasteiger charge is 2.37. The molecule has 156 valence electrons. The van der Waals surface area contributed by atoms with Crippen molar-refractivity contribution in [1.29, 1.82) is 0 Å². The van der Waals surface area contributed by atoms with Crippen LogP contribution in [0.5, 0.6) is 0 Å². The van der Waals surface area contributed by atoms with Gasteiger partial charge < -0.3 is 10.2 Å². The van der Waals surface area contributed by atoms with Crippen molar-refractivity contribution in [1.82, 2.24) is 10.2 Å². The fraction of sp³-hybridized carbons (Fsp3) is 0.556. The number of alkyl halides is 6. The van der Waals surface area contributed by atoms with Crippen LogP contribution in [0, 0.1) is 0 Å². The summed E-state index contributed by atoms with van der Waals surface area (Å²) in [7, 11) is 0. The van der Waals surface area contributed by atoms with E-state index in [2.05, 4.69) is 5.32 Å². The zero-order valence-electron chi connectivity index (χ0n) is 15.1. The summed E-state index contributed by atoms with van der Waals surface area (Å²) >= 11 is 0. The van der Waals surface area contributed by atoms with E-state index in [0.717, 1.165) is 12.8 Å². The highest BCUT2D eigenvalue weighted by molar-refractivity contribution is 6.35. The van der Waals surface area contributed by atoms with Gasteiger partial charge in [-0.1, -0.05) is 19.8 Å². The van der Waals surface area contributed by atoms with E-state index in [1.54, 1.807) is 0 Å². The molecule has 1 atom stereocenters. The molecule has 1 aliphatic rings. The topological polar surface area (TPSA) is 49.4 Å². The summed E-state index contributed by atoms with van der Waals surface area (Å²) in [5, 5.41) is 2.45. The molecule has 0 unspecified atom stereocenters. The summed E-state index contributed by atoms with van der Waals surface area (Å²) in [5.41, 5.74) is -3.00. The summed E-state index contributed by atoms with van der Waals surface area (Å²) in [6.07, 6.45) is -7.89. The fourth-order valence-corrected chi connectivity index (χ4v) is 3.09. The van der Waals surface area contributed by atoms with Crippen LogP contribution in [-0.4, -0.2) is 35.8 Å². The number of rotatable bonds is 6. The third kappa shape index (κ3) is 5.39. The van der Waals surface area contributed by atoms with Crippen LogP contribution in [0.2, 0.25) is 0 Å². The molecule has 1 saturated heterocycles. The molecule has 28 heavy (non-hydrogen) atoms. The molecule has 0 aliphatic carbocycles. The molecule has 2 rings (SSSR count). The van der Waals surface area contributed by atoms with E-state index in [1.165, 1.54) is 4.90 Å². The predicted octanol–water partition coefficient (Wildman–Crippen LogP) is 3.78. The van der Waals surface area contributed by atoms with Gasteiger partial charge in [-0.05, 0) is 36.6 Å². The summed E-state index contributed by atoms with van der Waals surface area (Å²) in [4.78, 5) is 25.0. The van der Waals surface area contributed by atoms with Crippen molar-refractivity contribution in [2.45, 2.75) is 51.0 Å². The molecular weight excluding hydrogens is 390 g/mol. The second kappa shape index (κ2) is 8.40. The second-order valence-corrected chi connectivity index (χ2v) is 6.67. The Morgan fingerprint density at radius 1 is 1.04 bits per heavy atom. The molecule has 0 radical (unpaired) electrons. The van der Waals surface area contributed by atoms with Crippen LogP contribution in [0.25, 0.3) is 0 Å². The Bertz CT molecular complexity index is 698. The Morgan fingerprint density at radius 3 is 2.11 bits per heavy atom. The summed E-state index contributed by atoms with van der Waals surface area (Å²) in [6.45, 7) is 2.01. The van der Waals surface area contributed by atoms with Crippen LogP contribution in [-0.2, 0) is 28.4 Å². The van der Waals surface area contributed by atoms with Gasteiger partial charge in [-0.2, -0.15) is 26.3 Å². The number of benzene rings is 1. The average molecular weight is 410 g/mol. The minimum Gasteiger partial charge on any atom is -0.346 e. The maximum atomic E-state index is 13.0. The second-order valence-electron chi connectivity index (χ2n) is 6.67. The van der Waals surface area contributed by atoms with E-state index < -0.39 is 35.3 Å². The van der Waals surface area contributed by atoms with Crippen LogP contribution in [0.3, 0.4) is 0 Å². The van der Waals surface area contributed by atoms with Crippen LogP contribution in [0.15, 0.2) is 18.2 Å². The molecule has 0 spiro atoms. The van der Waals surface area contributed by atoms with Gasteiger partial charge >= 0.3 is 24.2 Å². The molecule has 1 aliphatic heterocycles. The molecule has 10 heteroatoms. The van der Waals surface area contributed by atoms with Crippen molar-refractivity contribution in [2.24, 2.45) is 0 Å². The minimum atomic E-state index is -4.93. The van der Waals surface area contributed by atoms with Crippen molar-refractivity contribution in [3.8, 4) is 0 Å². The number of carbonyl (C=O) groups is 2. The molecule has 2 amide bonds. The lowest BCUT2D eigenvalue weighted by atomic mass is 10.0. The first-order chi connectivity index (χ1) is 12.9. The summed E-state index contributed by atoms with van der Waals surface area (Å²) in [5.74, 6) is -1.65. The van der Waals surface area contributed by atoms with Gasteiger partial charge in [0.1, 0.15) is 0 Å². The lowest BCUT2D eigenvalue weighted by Gasteiger charge is -2.35. The Balaban J connectivity index is 2.25. The smallest absolute Gasteiger partial charge is 0.346 e. The Kier molecular flexibility index (Phi) is 6.61. The van der Waals surface area contributed by atoms with Gasteiger partial charge in [0.25, 0.3) is 0 Å². The quantitative estimate of drug-likeness (QED) is 0.573. The van der Waals surface area contributed by atoms with Crippen molar-refractivity contribution in [3.63, 3.8) is 0 Å². The van der Waals surface area contributed by atoms with Crippen LogP contribution < -0.4 is 5.32 Å². The number of hydrogen-bond acceptors (Lipinski definition) is 2. The Hall–Kier alpha value is -2.26. The first-order valence-electron chi connectivity index (χ1n) is 8.80. The maximum Gasteiger partial charge on any atom is 0.416 e. The average Bonchev–Trinajstić information content (AvgIpc) is 2.60. The number of hydrogen-bond donors (Lipinski definition) is 1. The minimum absolute atomic E-state index is 0.0625. The third-order valence-electron chi connectivity index (χ3n) is 4.57. The molecule has 1 N–H and O–H groups in total. The highest BCUT2D eigenvalue weighted by Crippen LogP contribution is 2.36. The predicted molar refractivity (Wildman–Crippen MR) is 88.2 cm³/mol. The normalized spacial score (nSPS) is 18.4. The zero-order chi connectivity index (χ0) is 21.1. The van der Waals surface area contributed by atoms with E-state index in [9.17, 15) is 35.9 Å². The van der Waals surface area contributed by atoms with Gasteiger partial charge in [-0.25, -0.2) is 0 Å². The number of unbranched alkanes of at least 4 members (excludes halogenated alkanes) is 1. The lowest BCUT2D eigenvalue weighted by molar-refractivity contribution is -0.150. The van der Waals surface area contributed by atoms with Gasteiger partial charge in [0.15, 0.2) is 0 Å². The molecule has 0 aromatic heterocycles. The van der Waals surface area contributed by atoms with E-state index in [4.69, 9.17) is 0 Å². The van der Waals surface area contributed by atoms with Gasteiger partial charge in [0.2, 0.25) is 0 Å². The largest absolute Gasteiger partial charge is 0.416 e. The Morgan fingerprint density at radius 2 is 1.61 bits per heavy atom. The maximum absolute atomic E-state index is 13.0. The monoisotopic (exact) mass is 410 g/mol. The number of halogens is 6. The number of piperazine rings is 1. The van der Waals surface area contributed by atoms with Gasteiger partial charge in [-0.3, -0.25) is 9.59 Å². The molecule has 0 bridgehead atoms. The van der Waals surface area contributed by atoms with Crippen molar-refractivity contribution in [2.75, 3.05) is 13.1 Å². The first-order valence-corrected chi connectivity index (χ1v) is 8.80. The molecule has 1 aromatic carbocycles. The number of nitrogens with zero attached hydrogens (tertiary/aromatic N) is 1. The zero-order valence-corrected chi connectivity index (χ0v) is 15.1. The van der Waals surface area contributed by atoms with Crippen LogP contribution in [0.1, 0.15) is 42.9 Å². The van der Waals surface area contributed by atoms with Gasteiger partial charge in [0.05, 0.1) is 11.1 Å². The molecule has 1 heterocycles. The van der Waals surface area contributed by atoms with E-state index in [0.29, 0.717) is 18.6 Å². The number of nitrogens with one attached hydrogen (secondary N) is 1. The van der Waals surface area contributed by atoms with E-state index in [1.807, 2.05) is 6.92 Å². The molecule has 4 nitrogen and oxygen atoms in total. The van der Waals surface area contributed by atoms with Crippen molar-refractivity contribution < 1.29 is 35.9 Å². The third-order valence-corrected chi connectivity index (χ3v) is 4.57. The Labute approximate surface area is 157 Å². The highest BCUT2D eigenvalue weighted by atomic mass is 19.4. The molecule has 1 aromatic rings. The number of carbonyl (C=O) groups excluding carboxylic acids is 2. The fourth-order valence-electron chi connectivity index (χ4n) is 3.09. The molecular formula is C18H20F6N2O2. The number of amides is 2. The molecule has 0 saturated carbocycles. The first kappa shape index (κ1) is 22.0. The van der Waals surface area contributed by atoms with E-state index in [-0.39, 0.29) is 37.2 Å². The SMILES string of the molecule is CCCC[C@@H]1CNC(=O)C(=O)N1CCc1cc(C(F)(F)F)cc(C(F)(F)F)c1.